The minimum atomic E-state index is 0. The second kappa shape index (κ2) is 6.90. The Hall–Kier alpha value is -2.09. The fourth-order valence-electron chi connectivity index (χ4n) is 1.59. The van der Waals surface area contributed by atoms with E-state index >= 15 is 0 Å². The van der Waals surface area contributed by atoms with Crippen molar-refractivity contribution in [2.45, 2.75) is 0 Å². The van der Waals surface area contributed by atoms with Crippen LogP contribution in [-0.2, 0) is 17.1 Å². The van der Waals surface area contributed by atoms with Gasteiger partial charge in [0.25, 0.3) is 0 Å². The van der Waals surface area contributed by atoms with Crippen molar-refractivity contribution in [3.8, 4) is 11.4 Å². The van der Waals surface area contributed by atoms with Crippen LogP contribution in [0.15, 0.2) is 30.3 Å². The summed E-state index contributed by atoms with van der Waals surface area (Å²) in [6.45, 7) is 0. The van der Waals surface area contributed by atoms with Crippen LogP contribution in [0.25, 0.3) is 22.4 Å². The smallest absolute Gasteiger partial charge is 0.999 e. The van der Waals surface area contributed by atoms with E-state index in [1.54, 1.807) is 6.07 Å². The van der Waals surface area contributed by atoms with E-state index in [1.165, 1.54) is 0 Å². The molecule has 0 amide bonds. The molecule has 0 radical (unpaired) electrons. The summed E-state index contributed by atoms with van der Waals surface area (Å²) in [7, 11) is 0. The molecule has 0 atom stereocenters. The van der Waals surface area contributed by atoms with Gasteiger partial charge in [-0.15, -0.1) is 0 Å². The van der Waals surface area contributed by atoms with Crippen LogP contribution >= 0.6 is 0 Å². The molecule has 0 saturated heterocycles. The Morgan fingerprint density at radius 3 is 2.30 bits per heavy atom. The molecule has 1 heterocycles. The van der Waals surface area contributed by atoms with Crippen LogP contribution < -0.4 is 0 Å². The van der Waals surface area contributed by atoms with Crippen molar-refractivity contribution in [3.63, 3.8) is 0 Å². The predicted molar refractivity (Wildman–Crippen MR) is 69.8 cm³/mol. The molecule has 0 bridgehead atoms. The number of nitrogens with zero attached hydrogens (tertiary/aromatic N) is 1. The molecule has 0 spiro atoms. The van der Waals surface area contributed by atoms with E-state index in [-0.39, 0.29) is 17.1 Å². The van der Waals surface area contributed by atoms with Gasteiger partial charge in [-0.05, 0) is 12.1 Å². The number of hydrogen-bond donors (Lipinski definition) is 1. The van der Waals surface area contributed by atoms with Crippen molar-refractivity contribution in [1.82, 2.24) is 9.97 Å². The molecule has 0 aliphatic carbocycles. The molecular formula is C17H6FeN2-8. The number of benzene rings is 1. The molecule has 20 heavy (non-hydrogen) atoms. The Morgan fingerprint density at radius 2 is 1.70 bits per heavy atom. The normalized spacial score (nSPS) is 9.60. The molecule has 0 unspecified atom stereocenters. The molecule has 4 aromatic rings. The summed E-state index contributed by atoms with van der Waals surface area (Å²) >= 11 is 0. The minimum absolute atomic E-state index is 0. The number of imidazole rings is 1. The minimum Gasteiger partial charge on any atom is -0.999 e. The molecule has 1 N–H and O–H groups in total. The van der Waals surface area contributed by atoms with Gasteiger partial charge in [-0.2, -0.15) is 0 Å². The number of hydrogen-bond acceptors (Lipinski definition) is 1. The standard InChI is InChI=1S/C12H5N2.C5H.Fe/c1-2-6-9(5-1)12-13-10-7-3-4-8-11(10)14-12;1-2-4-5-3-1;/h3-4,7-8H,(H,13,14);1H;/q2*-5;+2. The van der Waals surface area contributed by atoms with E-state index in [4.69, 9.17) is 0 Å². The summed E-state index contributed by atoms with van der Waals surface area (Å²) < 4.78 is 0. The first kappa shape index (κ1) is 14.3. The Bertz CT molecular complexity index is 671. The molecule has 3 heteroatoms. The first-order valence-corrected chi connectivity index (χ1v) is 5.60. The second-order valence-electron chi connectivity index (χ2n) is 3.66. The van der Waals surface area contributed by atoms with Crippen LogP contribution in [0.4, 0.5) is 0 Å². The van der Waals surface area contributed by atoms with Crippen molar-refractivity contribution in [1.29, 1.82) is 0 Å². The molecule has 0 saturated carbocycles. The first-order valence-electron chi connectivity index (χ1n) is 5.60. The van der Waals surface area contributed by atoms with Crippen molar-refractivity contribution < 1.29 is 17.1 Å². The molecule has 0 aliphatic rings. The largest absolute Gasteiger partial charge is 2.00 e. The Labute approximate surface area is 128 Å². The topological polar surface area (TPSA) is 28.7 Å². The maximum absolute atomic E-state index is 4.40. The number of aromatic nitrogens is 2. The summed E-state index contributed by atoms with van der Waals surface area (Å²) in [4.78, 5) is 7.58. The number of rotatable bonds is 1. The molecular weight excluding hydrogens is 288 g/mol. The van der Waals surface area contributed by atoms with Crippen LogP contribution in [0.5, 0.6) is 0 Å². The van der Waals surface area contributed by atoms with Crippen LogP contribution in [0, 0.1) is 48.5 Å². The van der Waals surface area contributed by atoms with E-state index in [0.29, 0.717) is 0 Å². The molecule has 0 aliphatic heterocycles. The third-order valence-corrected chi connectivity index (χ3v) is 2.41. The summed E-state index contributed by atoms with van der Waals surface area (Å²) in [5.74, 6) is 0.767. The van der Waals surface area contributed by atoms with Gasteiger partial charge in [0.1, 0.15) is 0 Å². The molecule has 100 valence electrons. The zero-order valence-corrected chi connectivity index (χ0v) is 11.3. The zero-order chi connectivity index (χ0) is 12.9. The van der Waals surface area contributed by atoms with Gasteiger partial charge in [0, 0.05) is 0 Å². The third kappa shape index (κ3) is 3.27. The average Bonchev–Trinajstić information content (AvgIpc) is 3.20. The summed E-state index contributed by atoms with van der Waals surface area (Å²) in [6, 6.07) is 31.1. The van der Waals surface area contributed by atoms with Gasteiger partial charge in [-0.1, -0.05) is 18.0 Å². The van der Waals surface area contributed by atoms with E-state index in [1.807, 2.05) is 24.3 Å². The molecule has 3 aromatic carbocycles. The van der Waals surface area contributed by atoms with Crippen molar-refractivity contribution in [3.05, 3.63) is 78.9 Å². The molecule has 2 nitrogen and oxygen atoms in total. The summed E-state index contributed by atoms with van der Waals surface area (Å²) in [5, 5.41) is 0. The molecule has 1 aromatic heterocycles. The van der Waals surface area contributed by atoms with Crippen molar-refractivity contribution in [2.24, 2.45) is 0 Å². The number of nitrogens with one attached hydrogen (secondary N) is 1. The van der Waals surface area contributed by atoms with Gasteiger partial charge in [-0.25, -0.2) is 0 Å². The zero-order valence-electron chi connectivity index (χ0n) is 10.2. The second-order valence-corrected chi connectivity index (χ2v) is 3.66. The Balaban J connectivity index is 0.000000210. The van der Waals surface area contributed by atoms with Crippen LogP contribution in [-0.4, -0.2) is 9.97 Å². The van der Waals surface area contributed by atoms with Gasteiger partial charge in [0.05, 0.1) is 11.0 Å². The Morgan fingerprint density at radius 1 is 1.00 bits per heavy atom. The van der Waals surface area contributed by atoms with Crippen molar-refractivity contribution in [2.75, 3.05) is 0 Å². The molecule has 0 fully saturated rings. The third-order valence-electron chi connectivity index (χ3n) is 2.41. The van der Waals surface area contributed by atoms with E-state index in [9.17, 15) is 0 Å². The number of para-hydroxylation sites is 2. The van der Waals surface area contributed by atoms with Gasteiger partial charge in [0.2, 0.25) is 0 Å². The molecule has 4 rings (SSSR count). The SMILES string of the molecule is [Fe+2].[c-]1[c-][c-][c-](-c2nc3ccccc3[nH]2)[c-]1.[c-]1[c-][c-][cH-][c-]1. The summed E-state index contributed by atoms with van der Waals surface area (Å²) in [6.07, 6.45) is 0. The predicted octanol–water partition coefficient (Wildman–Crippen LogP) is 2.75. The van der Waals surface area contributed by atoms with E-state index in [2.05, 4.69) is 58.5 Å². The summed E-state index contributed by atoms with van der Waals surface area (Å²) in [5.41, 5.74) is 2.75. The first-order chi connectivity index (χ1) is 9.43. The van der Waals surface area contributed by atoms with Crippen LogP contribution in [0.3, 0.4) is 0 Å². The maximum atomic E-state index is 4.40. The fourth-order valence-corrected chi connectivity index (χ4v) is 1.59. The van der Waals surface area contributed by atoms with Gasteiger partial charge in [0.15, 0.2) is 0 Å². The average molecular weight is 294 g/mol. The van der Waals surface area contributed by atoms with E-state index < -0.39 is 0 Å². The van der Waals surface area contributed by atoms with Crippen LogP contribution in [0.2, 0.25) is 0 Å². The number of aromatic amines is 1. The number of fused-ring (bicyclic) bond motifs is 1. The fraction of sp³-hybridized carbons (Fsp3) is 0. The van der Waals surface area contributed by atoms with Crippen LogP contribution in [0.1, 0.15) is 0 Å². The quantitative estimate of drug-likeness (QED) is 0.424. The maximum Gasteiger partial charge on any atom is 2.00 e. The van der Waals surface area contributed by atoms with Gasteiger partial charge < -0.3 is 65.1 Å². The van der Waals surface area contributed by atoms with Gasteiger partial charge >= 0.3 is 17.1 Å². The van der Waals surface area contributed by atoms with E-state index in [0.717, 1.165) is 22.4 Å². The monoisotopic (exact) mass is 294 g/mol. The van der Waals surface area contributed by atoms with Crippen molar-refractivity contribution >= 4 is 11.0 Å². The Kier molecular flexibility index (Phi) is 4.94. The van der Waals surface area contributed by atoms with Gasteiger partial charge in [-0.3, -0.25) is 4.98 Å². The number of H-pyrrole nitrogens is 1.